The number of hydrogen-bond acceptors (Lipinski definition) is 0. The highest BCUT2D eigenvalue weighted by atomic mass is 15.0. The molecule has 0 radical (unpaired) electrons. The van der Waals surface area contributed by atoms with Crippen LogP contribution in [0.2, 0.25) is 0 Å². The number of para-hydroxylation sites is 4. The molecular weight excluding hydrogens is 653 g/mol. The van der Waals surface area contributed by atoms with Crippen LogP contribution < -0.4 is 0 Å². The zero-order valence-corrected chi connectivity index (χ0v) is 31.7. The zero-order chi connectivity index (χ0) is 36.2. The SMILES string of the molecule is CCc1cc(CCCCn2c3ccccc3c3ccccc32)c2ccc3c(CC)cc(CCCCn4c5ccccc5c5ccccc54)c4ccc1c2c34. The van der Waals surface area contributed by atoms with Crippen LogP contribution in [0.25, 0.3) is 75.9 Å². The monoisotopic (exact) mass is 700 g/mol. The van der Waals surface area contributed by atoms with Crippen LogP contribution in [0.3, 0.4) is 0 Å². The fourth-order valence-electron chi connectivity index (χ4n) is 9.96. The molecule has 0 aliphatic carbocycles. The van der Waals surface area contributed by atoms with E-state index in [-0.39, 0.29) is 0 Å². The predicted molar refractivity (Wildman–Crippen MR) is 234 cm³/mol. The lowest BCUT2D eigenvalue weighted by Crippen LogP contribution is -2.01. The molecule has 2 heteroatoms. The maximum Gasteiger partial charge on any atom is 0.0491 e. The lowest BCUT2D eigenvalue weighted by molar-refractivity contribution is 0.637. The summed E-state index contributed by atoms with van der Waals surface area (Å²) in [7, 11) is 0. The van der Waals surface area contributed by atoms with Gasteiger partial charge in [0.15, 0.2) is 0 Å². The van der Waals surface area contributed by atoms with E-state index in [1.54, 1.807) is 0 Å². The van der Waals surface area contributed by atoms with Crippen LogP contribution in [0.4, 0.5) is 0 Å². The van der Waals surface area contributed by atoms with E-state index in [1.807, 2.05) is 0 Å². The number of hydrogen-bond donors (Lipinski definition) is 0. The van der Waals surface area contributed by atoms with Gasteiger partial charge in [-0.2, -0.15) is 0 Å². The standard InChI is InChI=1S/C52H48N2/c1-3-35-33-37(17-13-15-31-53-47-23-9-5-19-43(47)44-20-6-10-24-48(44)53)41-30-28-40-36(4-2)34-38(42-29-27-39(35)51(41)52(40)42)18-14-16-32-54-49-25-11-7-21-45(49)46-22-8-12-26-50(46)54/h5-12,19-30,33-34H,3-4,13-18,31-32H2,1-2H3. The average molecular weight is 701 g/mol. The first-order chi connectivity index (χ1) is 26.7. The fourth-order valence-corrected chi connectivity index (χ4v) is 9.96. The van der Waals surface area contributed by atoms with Crippen molar-refractivity contribution in [1.82, 2.24) is 9.13 Å². The van der Waals surface area contributed by atoms with Gasteiger partial charge in [-0.25, -0.2) is 0 Å². The van der Waals surface area contributed by atoms with Gasteiger partial charge in [0.2, 0.25) is 0 Å². The van der Waals surface area contributed by atoms with Crippen molar-refractivity contribution in [3.8, 4) is 0 Å². The van der Waals surface area contributed by atoms with Gasteiger partial charge in [0.1, 0.15) is 0 Å². The largest absolute Gasteiger partial charge is 0.340 e. The number of unbranched alkanes of at least 4 members (excludes halogenated alkanes) is 2. The molecule has 10 aromatic rings. The van der Waals surface area contributed by atoms with E-state index < -0.39 is 0 Å². The fraction of sp³-hybridized carbons (Fsp3) is 0.231. The molecule has 266 valence electrons. The van der Waals surface area contributed by atoms with E-state index in [9.17, 15) is 0 Å². The van der Waals surface area contributed by atoms with Gasteiger partial charge in [0.25, 0.3) is 0 Å². The Morgan fingerprint density at radius 1 is 0.333 bits per heavy atom. The summed E-state index contributed by atoms with van der Waals surface area (Å²) in [6, 6.07) is 50.5. The summed E-state index contributed by atoms with van der Waals surface area (Å²) >= 11 is 0. The van der Waals surface area contributed by atoms with Crippen molar-refractivity contribution >= 4 is 75.9 Å². The zero-order valence-electron chi connectivity index (χ0n) is 31.7. The molecule has 0 bridgehead atoms. The highest BCUT2D eigenvalue weighted by molar-refractivity contribution is 6.25. The van der Waals surface area contributed by atoms with Gasteiger partial charge in [-0.05, 0) is 130 Å². The summed E-state index contributed by atoms with van der Waals surface area (Å²) in [5.74, 6) is 0. The molecule has 0 aliphatic rings. The predicted octanol–water partition coefficient (Wildman–Crippen LogP) is 14.0. The van der Waals surface area contributed by atoms with Crippen LogP contribution in [0.1, 0.15) is 61.8 Å². The van der Waals surface area contributed by atoms with Gasteiger partial charge in [-0.15, -0.1) is 0 Å². The number of nitrogens with zero attached hydrogens (tertiary/aromatic N) is 2. The molecule has 54 heavy (non-hydrogen) atoms. The Kier molecular flexibility index (Phi) is 8.36. The third-order valence-corrected chi connectivity index (χ3v) is 12.5. The van der Waals surface area contributed by atoms with Crippen molar-refractivity contribution in [1.29, 1.82) is 0 Å². The molecule has 0 saturated carbocycles. The Bertz CT molecular complexity index is 2660. The quantitative estimate of drug-likeness (QED) is 0.0887. The van der Waals surface area contributed by atoms with E-state index in [4.69, 9.17) is 0 Å². The summed E-state index contributed by atoms with van der Waals surface area (Å²) < 4.78 is 5.09. The van der Waals surface area contributed by atoms with Crippen LogP contribution in [-0.4, -0.2) is 9.13 Å². The minimum absolute atomic E-state index is 1.04. The van der Waals surface area contributed by atoms with Gasteiger partial charge in [0.05, 0.1) is 0 Å². The van der Waals surface area contributed by atoms with E-state index in [0.717, 1.165) is 51.6 Å². The summed E-state index contributed by atoms with van der Waals surface area (Å²) in [6.45, 7) is 6.75. The van der Waals surface area contributed by atoms with Crippen LogP contribution >= 0.6 is 0 Å². The molecule has 0 aliphatic heterocycles. The smallest absolute Gasteiger partial charge is 0.0491 e. The first kappa shape index (κ1) is 33.0. The summed E-state index contributed by atoms with van der Waals surface area (Å²) in [5.41, 5.74) is 11.4. The van der Waals surface area contributed by atoms with Crippen LogP contribution in [0.15, 0.2) is 133 Å². The number of benzene rings is 8. The van der Waals surface area contributed by atoms with Crippen LogP contribution in [0.5, 0.6) is 0 Å². The number of fused-ring (bicyclic) bond motifs is 6. The van der Waals surface area contributed by atoms with Crippen molar-refractivity contribution in [3.63, 3.8) is 0 Å². The second-order valence-corrected chi connectivity index (χ2v) is 15.5. The van der Waals surface area contributed by atoms with Crippen molar-refractivity contribution in [2.24, 2.45) is 0 Å². The Morgan fingerprint density at radius 3 is 0.981 bits per heavy atom. The highest BCUT2D eigenvalue weighted by Crippen LogP contribution is 2.42. The van der Waals surface area contributed by atoms with Gasteiger partial charge in [-0.3, -0.25) is 0 Å². The van der Waals surface area contributed by atoms with Crippen molar-refractivity contribution in [2.75, 3.05) is 0 Å². The molecule has 2 nitrogen and oxygen atoms in total. The van der Waals surface area contributed by atoms with E-state index in [0.29, 0.717) is 0 Å². The Labute approximate surface area is 318 Å². The molecule has 2 heterocycles. The normalized spacial score (nSPS) is 12.3. The minimum Gasteiger partial charge on any atom is -0.340 e. The molecule has 0 saturated heterocycles. The second kappa shape index (κ2) is 13.7. The molecule has 2 aromatic heterocycles. The summed E-state index contributed by atoms with van der Waals surface area (Å²) in [6.07, 6.45) is 8.98. The molecule has 0 atom stereocenters. The highest BCUT2D eigenvalue weighted by Gasteiger charge is 2.18. The maximum absolute atomic E-state index is 2.54. The van der Waals surface area contributed by atoms with Crippen molar-refractivity contribution in [2.45, 2.75) is 78.3 Å². The molecule has 0 unspecified atom stereocenters. The maximum atomic E-state index is 2.54. The number of aryl methyl sites for hydroxylation is 6. The molecule has 0 spiro atoms. The Balaban J connectivity index is 0.949. The van der Waals surface area contributed by atoms with Gasteiger partial charge in [-0.1, -0.05) is 123 Å². The molecular formula is C52H48N2. The molecule has 0 fully saturated rings. The van der Waals surface area contributed by atoms with E-state index >= 15 is 0 Å². The van der Waals surface area contributed by atoms with E-state index in [2.05, 4.69) is 156 Å². The first-order valence-corrected chi connectivity index (χ1v) is 20.4. The Hall–Kier alpha value is -5.60. The van der Waals surface area contributed by atoms with Gasteiger partial charge < -0.3 is 9.13 Å². The number of rotatable bonds is 12. The molecule has 8 aromatic carbocycles. The lowest BCUT2D eigenvalue weighted by Gasteiger charge is -2.20. The summed E-state index contributed by atoms with van der Waals surface area (Å²) in [4.78, 5) is 0. The Morgan fingerprint density at radius 2 is 0.648 bits per heavy atom. The van der Waals surface area contributed by atoms with Crippen molar-refractivity contribution in [3.05, 3.63) is 156 Å². The lowest BCUT2D eigenvalue weighted by atomic mass is 9.84. The topological polar surface area (TPSA) is 9.86 Å². The third kappa shape index (κ3) is 5.29. The van der Waals surface area contributed by atoms with Gasteiger partial charge in [0, 0.05) is 56.7 Å². The third-order valence-electron chi connectivity index (χ3n) is 12.5. The molecule has 0 N–H and O–H groups in total. The van der Waals surface area contributed by atoms with Crippen LogP contribution in [-0.2, 0) is 38.8 Å². The van der Waals surface area contributed by atoms with E-state index in [1.165, 1.54) is 111 Å². The number of aromatic nitrogens is 2. The molecule has 10 rings (SSSR count). The molecule has 0 amide bonds. The first-order valence-electron chi connectivity index (χ1n) is 20.4. The summed E-state index contributed by atoms with van der Waals surface area (Å²) in [5, 5.41) is 14.3. The minimum atomic E-state index is 1.04. The van der Waals surface area contributed by atoms with Gasteiger partial charge >= 0.3 is 0 Å². The second-order valence-electron chi connectivity index (χ2n) is 15.5. The van der Waals surface area contributed by atoms with Crippen molar-refractivity contribution < 1.29 is 0 Å². The average Bonchev–Trinajstić information content (AvgIpc) is 3.72. The van der Waals surface area contributed by atoms with Crippen LogP contribution in [0, 0.1) is 0 Å².